The summed E-state index contributed by atoms with van der Waals surface area (Å²) in [5, 5.41) is 8.81. The van der Waals surface area contributed by atoms with Crippen molar-refractivity contribution in [2.75, 3.05) is 23.1 Å². The van der Waals surface area contributed by atoms with Crippen LogP contribution in [0.1, 0.15) is 19.4 Å². The average molecular weight is 434 g/mol. The fourth-order valence-corrected chi connectivity index (χ4v) is 2.91. The molecule has 3 N–H and O–H groups in total. The number of anilines is 3. The molecule has 0 aliphatic carbocycles. The predicted molar refractivity (Wildman–Crippen MR) is 112 cm³/mol. The molecule has 0 saturated carbocycles. The fraction of sp³-hybridized carbons (Fsp3) is 0.300. The molecule has 7 heteroatoms. The van der Waals surface area contributed by atoms with Gasteiger partial charge in [-0.25, -0.2) is 0 Å². The van der Waals surface area contributed by atoms with Crippen molar-refractivity contribution < 1.29 is 14.3 Å². The number of halogens is 1. The van der Waals surface area contributed by atoms with E-state index in [1.165, 1.54) is 7.11 Å². The first-order valence-electron chi connectivity index (χ1n) is 8.57. The van der Waals surface area contributed by atoms with Crippen LogP contribution in [0.25, 0.3) is 0 Å². The molecule has 0 aliphatic heterocycles. The van der Waals surface area contributed by atoms with Gasteiger partial charge in [0.2, 0.25) is 5.91 Å². The van der Waals surface area contributed by atoms with Gasteiger partial charge in [-0.15, -0.1) is 0 Å². The highest BCUT2D eigenvalue weighted by molar-refractivity contribution is 9.10. The van der Waals surface area contributed by atoms with Gasteiger partial charge in [0.05, 0.1) is 5.69 Å². The van der Waals surface area contributed by atoms with Gasteiger partial charge < -0.3 is 20.7 Å². The number of nitrogens with one attached hydrogen (secondary N) is 3. The molecule has 2 rings (SSSR count). The first-order valence-corrected chi connectivity index (χ1v) is 9.36. The van der Waals surface area contributed by atoms with Crippen LogP contribution < -0.4 is 16.0 Å². The number of hydrogen-bond acceptors (Lipinski definition) is 4. The molecule has 6 nitrogen and oxygen atoms in total. The number of ether oxygens (including phenoxy) is 1. The fourth-order valence-electron chi connectivity index (χ4n) is 2.32. The Hall–Kier alpha value is -2.38. The minimum absolute atomic E-state index is 0.165. The molecule has 0 aromatic heterocycles. The predicted octanol–water partition coefficient (Wildman–Crippen LogP) is 4.17. The Morgan fingerprint density at radius 1 is 1.00 bits per heavy atom. The Bertz CT molecular complexity index is 826. The summed E-state index contributed by atoms with van der Waals surface area (Å²) in [5.74, 6) is -0.397. The monoisotopic (exact) mass is 433 g/mol. The van der Waals surface area contributed by atoms with E-state index < -0.39 is 12.1 Å². The number of aryl methyl sites for hydroxylation is 1. The van der Waals surface area contributed by atoms with E-state index in [1.807, 2.05) is 31.2 Å². The molecule has 27 heavy (non-hydrogen) atoms. The molecule has 0 fully saturated rings. The van der Waals surface area contributed by atoms with Crippen LogP contribution in [-0.2, 0) is 14.3 Å². The maximum absolute atomic E-state index is 12.5. The van der Waals surface area contributed by atoms with E-state index in [9.17, 15) is 9.59 Å². The van der Waals surface area contributed by atoms with Gasteiger partial charge >= 0.3 is 0 Å². The zero-order valence-electron chi connectivity index (χ0n) is 15.8. The van der Waals surface area contributed by atoms with E-state index in [0.717, 1.165) is 15.7 Å². The van der Waals surface area contributed by atoms with Crippen LogP contribution in [0.3, 0.4) is 0 Å². The van der Waals surface area contributed by atoms with Gasteiger partial charge in [-0.2, -0.15) is 0 Å². The third-order valence-electron chi connectivity index (χ3n) is 4.01. The lowest BCUT2D eigenvalue weighted by atomic mass is 10.2. The van der Waals surface area contributed by atoms with Gasteiger partial charge in [-0.1, -0.05) is 12.1 Å². The summed E-state index contributed by atoms with van der Waals surface area (Å²) in [4.78, 5) is 24.4. The molecule has 0 radical (unpaired) electrons. The number of amides is 2. The summed E-state index contributed by atoms with van der Waals surface area (Å²) >= 11 is 3.46. The van der Waals surface area contributed by atoms with Gasteiger partial charge in [0.1, 0.15) is 12.1 Å². The van der Waals surface area contributed by atoms with E-state index >= 15 is 0 Å². The summed E-state index contributed by atoms with van der Waals surface area (Å²) in [6.07, 6.45) is -0.542. The van der Waals surface area contributed by atoms with Gasteiger partial charge in [-0.3, -0.25) is 9.59 Å². The van der Waals surface area contributed by atoms with Crippen LogP contribution in [0.5, 0.6) is 0 Å². The Balaban J connectivity index is 2.00. The number of benzene rings is 2. The van der Waals surface area contributed by atoms with Crippen molar-refractivity contribution in [1.29, 1.82) is 0 Å². The number of hydrogen-bond donors (Lipinski definition) is 3. The maximum atomic E-state index is 12.5. The number of carbonyl (C=O) groups excluding carboxylic acids is 2. The summed E-state index contributed by atoms with van der Waals surface area (Å²) in [5.41, 5.74) is 3.17. The third kappa shape index (κ3) is 6.08. The normalized spacial score (nSPS) is 12.8. The lowest BCUT2D eigenvalue weighted by Gasteiger charge is -2.17. The first-order chi connectivity index (χ1) is 12.8. The van der Waals surface area contributed by atoms with Crippen LogP contribution in [-0.4, -0.2) is 31.1 Å². The Morgan fingerprint density at radius 2 is 1.70 bits per heavy atom. The minimum Gasteiger partial charge on any atom is -0.374 e. The molecule has 2 amide bonds. The van der Waals surface area contributed by atoms with E-state index in [1.54, 1.807) is 32.0 Å². The lowest BCUT2D eigenvalue weighted by molar-refractivity contribution is -0.124. The van der Waals surface area contributed by atoms with Gasteiger partial charge in [0, 0.05) is 23.0 Å². The highest BCUT2D eigenvalue weighted by Crippen LogP contribution is 2.24. The summed E-state index contributed by atoms with van der Waals surface area (Å²) in [6.45, 7) is 5.43. The molecule has 0 spiro atoms. The molecule has 2 aromatic rings. The molecule has 0 bridgehead atoms. The second kappa shape index (κ2) is 9.53. The van der Waals surface area contributed by atoms with Gasteiger partial charge in [-0.05, 0) is 72.6 Å². The molecule has 0 saturated heterocycles. The zero-order chi connectivity index (χ0) is 20.0. The standard InChI is InChI=1S/C20H24BrN3O3/c1-12-8-9-18(17(21)10-12)24-19(25)13(2)22-15-6-5-7-16(11-15)23-20(26)14(3)27-4/h5-11,13-14,22H,1-4H3,(H,23,26)(H,24,25). The summed E-state index contributed by atoms with van der Waals surface area (Å²) in [6, 6.07) is 12.5. The largest absolute Gasteiger partial charge is 0.374 e. The van der Waals surface area contributed by atoms with Crippen molar-refractivity contribution in [2.45, 2.75) is 32.9 Å². The first kappa shape index (κ1) is 20.9. The quantitative estimate of drug-likeness (QED) is 0.611. The lowest BCUT2D eigenvalue weighted by Crippen LogP contribution is -2.32. The van der Waals surface area contributed by atoms with Crippen LogP contribution in [0.4, 0.5) is 17.1 Å². The molecule has 0 aliphatic rings. The summed E-state index contributed by atoms with van der Waals surface area (Å²) < 4.78 is 5.83. The molecule has 2 atom stereocenters. The molecular weight excluding hydrogens is 410 g/mol. The van der Waals surface area contributed by atoms with Crippen LogP contribution in [0, 0.1) is 6.92 Å². The Morgan fingerprint density at radius 3 is 2.37 bits per heavy atom. The molecule has 2 unspecified atom stereocenters. The third-order valence-corrected chi connectivity index (χ3v) is 4.67. The number of carbonyl (C=O) groups is 2. The van der Waals surface area contributed by atoms with Gasteiger partial charge in [0.25, 0.3) is 5.91 Å². The van der Waals surface area contributed by atoms with Crippen molar-refractivity contribution in [2.24, 2.45) is 0 Å². The van der Waals surface area contributed by atoms with Crippen molar-refractivity contribution >= 4 is 44.8 Å². The van der Waals surface area contributed by atoms with Crippen molar-refractivity contribution in [3.05, 3.63) is 52.5 Å². The van der Waals surface area contributed by atoms with E-state index in [2.05, 4.69) is 31.9 Å². The second-order valence-corrected chi connectivity index (χ2v) is 7.14. The second-order valence-electron chi connectivity index (χ2n) is 6.29. The SMILES string of the molecule is COC(C)C(=O)Nc1cccc(NC(C)C(=O)Nc2ccc(C)cc2Br)c1. The van der Waals surface area contributed by atoms with E-state index in [0.29, 0.717) is 11.4 Å². The smallest absolute Gasteiger partial charge is 0.253 e. The van der Waals surface area contributed by atoms with Crippen molar-refractivity contribution in [3.8, 4) is 0 Å². The molecule has 2 aromatic carbocycles. The summed E-state index contributed by atoms with van der Waals surface area (Å²) in [7, 11) is 1.48. The van der Waals surface area contributed by atoms with Crippen LogP contribution in [0.15, 0.2) is 46.9 Å². The average Bonchev–Trinajstić information content (AvgIpc) is 2.63. The number of methoxy groups -OCH3 is 1. The highest BCUT2D eigenvalue weighted by atomic mass is 79.9. The zero-order valence-corrected chi connectivity index (χ0v) is 17.4. The van der Waals surface area contributed by atoms with Gasteiger partial charge in [0.15, 0.2) is 0 Å². The Labute approximate surface area is 167 Å². The molecule has 144 valence electrons. The van der Waals surface area contributed by atoms with Crippen molar-refractivity contribution in [1.82, 2.24) is 0 Å². The van der Waals surface area contributed by atoms with E-state index in [-0.39, 0.29) is 11.8 Å². The topological polar surface area (TPSA) is 79.5 Å². The molecular formula is C20H24BrN3O3. The molecule has 0 heterocycles. The van der Waals surface area contributed by atoms with Crippen LogP contribution >= 0.6 is 15.9 Å². The van der Waals surface area contributed by atoms with Crippen LogP contribution in [0.2, 0.25) is 0 Å². The Kier molecular flexibility index (Phi) is 7.38. The number of rotatable bonds is 7. The minimum atomic E-state index is -0.542. The maximum Gasteiger partial charge on any atom is 0.253 e. The van der Waals surface area contributed by atoms with E-state index in [4.69, 9.17) is 4.74 Å². The highest BCUT2D eigenvalue weighted by Gasteiger charge is 2.15. The van der Waals surface area contributed by atoms with Crippen molar-refractivity contribution in [3.63, 3.8) is 0 Å².